The summed E-state index contributed by atoms with van der Waals surface area (Å²) in [6.45, 7) is 1.46. The Morgan fingerprint density at radius 1 is 1.03 bits per heavy atom. The van der Waals surface area contributed by atoms with Crippen LogP contribution in [0, 0.1) is 5.92 Å². The summed E-state index contributed by atoms with van der Waals surface area (Å²) in [5.41, 5.74) is 1.90. The minimum absolute atomic E-state index is 0.113. The first-order valence-corrected chi connectivity index (χ1v) is 12.9. The van der Waals surface area contributed by atoms with Crippen molar-refractivity contribution in [1.82, 2.24) is 10.3 Å². The Morgan fingerprint density at radius 2 is 1.73 bits per heavy atom. The lowest BCUT2D eigenvalue weighted by molar-refractivity contribution is -0.142. The Morgan fingerprint density at radius 3 is 2.41 bits per heavy atom. The molecule has 0 saturated heterocycles. The summed E-state index contributed by atoms with van der Waals surface area (Å²) in [6.07, 6.45) is 3.51. The van der Waals surface area contributed by atoms with Crippen LogP contribution in [0.25, 0.3) is 0 Å². The molecule has 0 spiro atoms. The van der Waals surface area contributed by atoms with E-state index in [0.29, 0.717) is 18.8 Å². The summed E-state index contributed by atoms with van der Waals surface area (Å²) in [7, 11) is 1.27. The van der Waals surface area contributed by atoms with E-state index in [0.717, 1.165) is 29.5 Å². The molecule has 1 fully saturated rings. The molecule has 0 aliphatic heterocycles. The third-order valence-corrected chi connectivity index (χ3v) is 6.68. The molecule has 2 aromatic carbocycles. The first kappa shape index (κ1) is 26.8. The van der Waals surface area contributed by atoms with E-state index < -0.39 is 17.9 Å². The minimum atomic E-state index is -0.913. The van der Waals surface area contributed by atoms with Crippen LogP contribution in [0.2, 0.25) is 10.0 Å². The average molecular weight is 542 g/mol. The molecular formula is C28H29Cl2N3O4. The molecule has 1 heterocycles. The third-order valence-electron chi connectivity index (χ3n) is 6.05. The van der Waals surface area contributed by atoms with Crippen molar-refractivity contribution in [3.8, 4) is 5.75 Å². The third kappa shape index (κ3) is 7.84. The van der Waals surface area contributed by atoms with Crippen LogP contribution in [0.15, 0.2) is 60.7 Å². The van der Waals surface area contributed by atoms with E-state index in [-0.39, 0.29) is 22.0 Å². The van der Waals surface area contributed by atoms with E-state index in [4.69, 9.17) is 32.7 Å². The zero-order chi connectivity index (χ0) is 26.2. The van der Waals surface area contributed by atoms with Gasteiger partial charge in [0, 0.05) is 25.1 Å². The van der Waals surface area contributed by atoms with Crippen molar-refractivity contribution in [2.45, 2.75) is 31.7 Å². The quantitative estimate of drug-likeness (QED) is 0.300. The number of esters is 1. The van der Waals surface area contributed by atoms with Gasteiger partial charge in [0.25, 0.3) is 5.91 Å². The number of nitrogens with one attached hydrogen (secondary N) is 2. The largest absolute Gasteiger partial charge is 0.493 e. The van der Waals surface area contributed by atoms with Crippen molar-refractivity contribution < 1.29 is 19.1 Å². The van der Waals surface area contributed by atoms with Gasteiger partial charge in [-0.2, -0.15) is 0 Å². The average Bonchev–Trinajstić information content (AvgIpc) is 3.72. The summed E-state index contributed by atoms with van der Waals surface area (Å²) in [6, 6.07) is 17.2. The number of aromatic nitrogens is 1. The molecule has 194 valence electrons. The Kier molecular flexibility index (Phi) is 9.25. The van der Waals surface area contributed by atoms with Crippen molar-refractivity contribution in [2.75, 3.05) is 25.6 Å². The summed E-state index contributed by atoms with van der Waals surface area (Å²) < 4.78 is 10.8. The maximum Gasteiger partial charge on any atom is 0.328 e. The summed E-state index contributed by atoms with van der Waals surface area (Å²) in [4.78, 5) is 29.8. The van der Waals surface area contributed by atoms with E-state index in [2.05, 4.69) is 15.6 Å². The topological polar surface area (TPSA) is 89.6 Å². The van der Waals surface area contributed by atoms with Crippen LogP contribution in [-0.2, 0) is 22.4 Å². The molecule has 4 rings (SSSR count). The number of amides is 1. The van der Waals surface area contributed by atoms with Gasteiger partial charge in [-0.3, -0.25) is 4.79 Å². The van der Waals surface area contributed by atoms with E-state index in [1.807, 2.05) is 42.5 Å². The summed E-state index contributed by atoms with van der Waals surface area (Å²) in [5, 5.41) is 6.47. The number of benzene rings is 2. The number of carbonyl (C=O) groups is 2. The van der Waals surface area contributed by atoms with Crippen molar-refractivity contribution in [1.29, 1.82) is 0 Å². The molecule has 1 saturated carbocycles. The second-order valence-corrected chi connectivity index (χ2v) is 9.75. The molecule has 1 aromatic heterocycles. The SMILES string of the molecule is COC(=O)[C@H](Cc1ccc(OCCc2cccc(NCC3CC3)n2)cc1)NC(=O)c1c(Cl)cccc1Cl. The molecule has 2 N–H and O–H groups in total. The van der Waals surface area contributed by atoms with Gasteiger partial charge in [-0.1, -0.05) is 47.5 Å². The normalized spacial score (nSPS) is 13.5. The summed E-state index contributed by atoms with van der Waals surface area (Å²) in [5.74, 6) is 1.27. The number of pyridine rings is 1. The highest BCUT2D eigenvalue weighted by molar-refractivity contribution is 6.39. The fraction of sp³-hybridized carbons (Fsp3) is 0.321. The standard InChI is InChI=1S/C28H29Cl2N3O4/c1-36-28(35)24(33-27(34)26-22(29)5-3-6-23(26)30)16-18-10-12-21(13-11-18)37-15-14-20-4-2-7-25(32-20)31-17-19-8-9-19/h2-7,10-13,19,24H,8-9,14-17H2,1H3,(H,31,32)(H,33,34)/t24-/m0/s1. The zero-order valence-electron chi connectivity index (χ0n) is 20.5. The highest BCUT2D eigenvalue weighted by atomic mass is 35.5. The van der Waals surface area contributed by atoms with E-state index in [9.17, 15) is 9.59 Å². The minimum Gasteiger partial charge on any atom is -0.493 e. The number of hydrogen-bond donors (Lipinski definition) is 2. The van der Waals surface area contributed by atoms with Gasteiger partial charge in [0.1, 0.15) is 17.6 Å². The van der Waals surface area contributed by atoms with E-state index >= 15 is 0 Å². The molecule has 7 nitrogen and oxygen atoms in total. The molecule has 1 aliphatic rings. The second kappa shape index (κ2) is 12.8. The number of methoxy groups -OCH3 is 1. The van der Waals surface area contributed by atoms with Crippen LogP contribution >= 0.6 is 23.2 Å². The molecule has 1 aliphatic carbocycles. The smallest absolute Gasteiger partial charge is 0.328 e. The number of hydrogen-bond acceptors (Lipinski definition) is 6. The van der Waals surface area contributed by atoms with Gasteiger partial charge in [0.15, 0.2) is 0 Å². The highest BCUT2D eigenvalue weighted by Crippen LogP contribution is 2.28. The van der Waals surface area contributed by atoms with Crippen LogP contribution in [0.1, 0.15) is 34.5 Å². The lowest BCUT2D eigenvalue weighted by atomic mass is 10.0. The zero-order valence-corrected chi connectivity index (χ0v) is 22.0. The lowest BCUT2D eigenvalue weighted by Gasteiger charge is -2.18. The molecule has 0 radical (unpaired) electrons. The van der Waals surface area contributed by atoms with Gasteiger partial charge in [-0.25, -0.2) is 9.78 Å². The highest BCUT2D eigenvalue weighted by Gasteiger charge is 2.25. The predicted molar refractivity (Wildman–Crippen MR) is 145 cm³/mol. The van der Waals surface area contributed by atoms with Gasteiger partial charge in [-0.05, 0) is 60.7 Å². The number of ether oxygens (including phenoxy) is 2. The molecule has 0 unspecified atom stereocenters. The molecule has 0 bridgehead atoms. The van der Waals surface area contributed by atoms with Crippen LogP contribution < -0.4 is 15.4 Å². The fourth-order valence-corrected chi connectivity index (χ4v) is 4.37. The summed E-state index contributed by atoms with van der Waals surface area (Å²) >= 11 is 12.3. The van der Waals surface area contributed by atoms with Crippen LogP contribution in [0.4, 0.5) is 5.82 Å². The molecule has 1 amide bonds. The Bertz CT molecular complexity index is 1210. The predicted octanol–water partition coefficient (Wildman–Crippen LogP) is 5.35. The Hall–Kier alpha value is -3.29. The van der Waals surface area contributed by atoms with Crippen molar-refractivity contribution in [3.05, 3.63) is 87.5 Å². The van der Waals surface area contributed by atoms with Crippen molar-refractivity contribution >= 4 is 40.9 Å². The van der Waals surface area contributed by atoms with Crippen LogP contribution in [0.5, 0.6) is 5.75 Å². The molecule has 37 heavy (non-hydrogen) atoms. The van der Waals surface area contributed by atoms with E-state index in [1.54, 1.807) is 18.2 Å². The van der Waals surface area contributed by atoms with E-state index in [1.165, 1.54) is 20.0 Å². The van der Waals surface area contributed by atoms with Gasteiger partial charge in [0.05, 0.1) is 29.3 Å². The Balaban J connectivity index is 1.30. The first-order chi connectivity index (χ1) is 17.9. The van der Waals surface area contributed by atoms with Gasteiger partial charge < -0.3 is 20.1 Å². The molecule has 3 aromatic rings. The number of rotatable bonds is 12. The van der Waals surface area contributed by atoms with Gasteiger partial charge >= 0.3 is 5.97 Å². The number of anilines is 1. The second-order valence-electron chi connectivity index (χ2n) is 8.93. The monoisotopic (exact) mass is 541 g/mol. The molecular weight excluding hydrogens is 513 g/mol. The Labute approximate surface area is 226 Å². The molecule has 9 heteroatoms. The lowest BCUT2D eigenvalue weighted by Crippen LogP contribution is -2.43. The molecule has 1 atom stereocenters. The van der Waals surface area contributed by atoms with Crippen LogP contribution in [0.3, 0.4) is 0 Å². The number of nitrogens with zero attached hydrogens (tertiary/aromatic N) is 1. The first-order valence-electron chi connectivity index (χ1n) is 12.2. The van der Waals surface area contributed by atoms with Crippen molar-refractivity contribution in [3.63, 3.8) is 0 Å². The van der Waals surface area contributed by atoms with Gasteiger partial charge in [-0.15, -0.1) is 0 Å². The maximum atomic E-state index is 12.8. The van der Waals surface area contributed by atoms with Gasteiger partial charge in [0.2, 0.25) is 0 Å². The number of carbonyl (C=O) groups excluding carboxylic acids is 2. The number of halogens is 2. The maximum absolute atomic E-state index is 12.8. The fourth-order valence-electron chi connectivity index (χ4n) is 3.80. The van der Waals surface area contributed by atoms with Crippen LogP contribution in [-0.4, -0.2) is 43.2 Å². The van der Waals surface area contributed by atoms with Crippen molar-refractivity contribution in [2.24, 2.45) is 5.92 Å².